The molecule has 15 heavy (non-hydrogen) atoms. The fraction of sp³-hybridized carbons (Fsp3) is 0. The van der Waals surface area contributed by atoms with E-state index in [2.05, 4.69) is 22.4 Å². The molecule has 0 radical (unpaired) electrons. The number of halogens is 2. The monoisotopic (exact) mass is 466 g/mol. The summed E-state index contributed by atoms with van der Waals surface area (Å²) in [5.41, 5.74) is 0. The number of nitrogens with zero attached hydrogens (tertiary/aromatic N) is 2. The summed E-state index contributed by atoms with van der Waals surface area (Å²) >= 11 is 0. The fourth-order valence-electron chi connectivity index (χ4n) is 0.555. The molecule has 0 N–H and O–H groups in total. The topological polar surface area (TPSA) is 25.8 Å². The largest absolute Gasteiger partial charge is 4.00 e. The molecule has 0 saturated heterocycles. The van der Waals surface area contributed by atoms with Crippen LogP contribution in [0, 0.1) is 12.4 Å². The number of hydrogen-bond donors (Lipinski definition) is 0. The van der Waals surface area contributed by atoms with Crippen LogP contribution in [-0.2, 0) is 17.1 Å². The van der Waals surface area contributed by atoms with Gasteiger partial charge in [0.05, 0.1) is 0 Å². The zero-order valence-corrected chi connectivity index (χ0v) is 13.0. The van der Waals surface area contributed by atoms with Crippen molar-refractivity contribution >= 4 is 0 Å². The molecule has 0 amide bonds. The van der Waals surface area contributed by atoms with Crippen LogP contribution in [0.5, 0.6) is 0 Å². The number of rotatable bonds is 0. The summed E-state index contributed by atoms with van der Waals surface area (Å²) in [5, 5.41) is 0. The Morgan fingerprint density at radius 2 is 1.07 bits per heavy atom. The molecule has 0 unspecified atom stereocenters. The minimum absolute atomic E-state index is 0. The molecule has 2 heterocycles. The van der Waals surface area contributed by atoms with Gasteiger partial charge in [0.1, 0.15) is 0 Å². The maximum atomic E-state index is 3.66. The van der Waals surface area contributed by atoms with Gasteiger partial charge >= 0.3 is 17.1 Å². The van der Waals surface area contributed by atoms with Crippen LogP contribution in [0.1, 0.15) is 0 Å². The van der Waals surface area contributed by atoms with E-state index in [9.17, 15) is 0 Å². The Morgan fingerprint density at radius 1 is 0.667 bits per heavy atom. The molecule has 0 fully saturated rings. The normalized spacial score (nSPS) is 6.40. The molecule has 0 aliphatic heterocycles. The molecule has 2 nitrogen and oxygen atoms in total. The molecule has 0 bridgehead atoms. The Kier molecular flexibility index (Phi) is 23.0. The van der Waals surface area contributed by atoms with E-state index in [-0.39, 0.29) is 65.0 Å². The second-order valence-corrected chi connectivity index (χ2v) is 1.92. The third kappa shape index (κ3) is 14.3. The first-order chi connectivity index (χ1) is 6.00. The van der Waals surface area contributed by atoms with Crippen molar-refractivity contribution in [1.29, 1.82) is 0 Å². The van der Waals surface area contributed by atoms with Gasteiger partial charge in [-0.15, -0.1) is 0 Å². The summed E-state index contributed by atoms with van der Waals surface area (Å²) in [5.74, 6) is 0. The minimum Gasteiger partial charge on any atom is -1.00 e. The summed E-state index contributed by atoms with van der Waals surface area (Å²) in [7, 11) is 0. The number of hydrogen-bond acceptors (Lipinski definition) is 2. The summed E-state index contributed by atoms with van der Waals surface area (Å²) in [6, 6.07) is 11.0. The van der Waals surface area contributed by atoms with Crippen LogP contribution in [0.3, 0.4) is 0 Å². The van der Waals surface area contributed by atoms with Gasteiger partial charge in [-0.25, -0.2) is 0 Å². The van der Waals surface area contributed by atoms with Gasteiger partial charge in [0.25, 0.3) is 0 Å². The first-order valence-corrected chi connectivity index (χ1v) is 3.54. The summed E-state index contributed by atoms with van der Waals surface area (Å²) in [6.07, 6.45) is 8.67. The molecule has 0 saturated carbocycles. The first-order valence-electron chi connectivity index (χ1n) is 3.54. The van der Waals surface area contributed by atoms with E-state index in [1.165, 1.54) is 0 Å². The van der Waals surface area contributed by atoms with Crippen LogP contribution in [0.4, 0.5) is 0 Å². The quantitative estimate of drug-likeness (QED) is 0.224. The van der Waals surface area contributed by atoms with E-state index in [4.69, 9.17) is 0 Å². The second kappa shape index (κ2) is 16.7. The van der Waals surface area contributed by atoms with E-state index >= 15 is 0 Å². The second-order valence-electron chi connectivity index (χ2n) is 1.92. The van der Waals surface area contributed by atoms with Crippen LogP contribution in [0.25, 0.3) is 0 Å². The van der Waals surface area contributed by atoms with Crippen molar-refractivity contribution in [2.45, 2.75) is 0 Å². The van der Waals surface area contributed by atoms with Crippen molar-refractivity contribution in [3.05, 3.63) is 61.2 Å². The van der Waals surface area contributed by atoms with Crippen molar-refractivity contribution < 1.29 is 65.0 Å². The Morgan fingerprint density at radius 3 is 1.13 bits per heavy atom. The van der Waals surface area contributed by atoms with Crippen LogP contribution >= 0.6 is 0 Å². The third-order valence-electron chi connectivity index (χ3n) is 1.03. The van der Waals surface area contributed by atoms with Crippen LogP contribution < -0.4 is 48.0 Å². The minimum atomic E-state index is 0. The van der Waals surface area contributed by atoms with Gasteiger partial charge in [-0.1, -0.05) is 24.8 Å². The van der Waals surface area contributed by atoms with Gasteiger partial charge in [-0.3, -0.25) is 0 Å². The van der Waals surface area contributed by atoms with Gasteiger partial charge in [0.15, 0.2) is 0 Å². The van der Waals surface area contributed by atoms with E-state index < -0.39 is 0 Å². The molecule has 0 aromatic carbocycles. The predicted molar refractivity (Wildman–Crippen MR) is 46.1 cm³/mol. The SMILES string of the molecule is [Fe+4].[I-].[I-].[c-]1ccccn1.[c-]1ccccn1. The summed E-state index contributed by atoms with van der Waals surface area (Å²) in [4.78, 5) is 7.32. The molecule has 0 atom stereocenters. The van der Waals surface area contributed by atoms with Crippen LogP contribution in [0.15, 0.2) is 48.8 Å². The number of pyridine rings is 2. The van der Waals surface area contributed by atoms with Crippen LogP contribution in [0.2, 0.25) is 0 Å². The average Bonchev–Trinajstić information content (AvgIpc) is 2.24. The van der Waals surface area contributed by atoms with Crippen molar-refractivity contribution in [3.63, 3.8) is 0 Å². The molecular weight excluding hydrogens is 458 g/mol. The smallest absolute Gasteiger partial charge is 1.00 e. The Labute approximate surface area is 135 Å². The molecule has 5 heteroatoms. The molecule has 0 aliphatic carbocycles. The summed E-state index contributed by atoms with van der Waals surface area (Å²) < 4.78 is 0. The van der Waals surface area contributed by atoms with Gasteiger partial charge in [-0.05, 0) is 0 Å². The van der Waals surface area contributed by atoms with Crippen molar-refractivity contribution in [2.24, 2.45) is 0 Å². The van der Waals surface area contributed by atoms with E-state index in [1.807, 2.05) is 24.3 Å². The van der Waals surface area contributed by atoms with Gasteiger partial charge in [0.2, 0.25) is 0 Å². The zero-order chi connectivity index (χ0) is 8.49. The third-order valence-corrected chi connectivity index (χ3v) is 1.03. The first kappa shape index (κ1) is 20.7. The van der Waals surface area contributed by atoms with Gasteiger partial charge < -0.3 is 57.9 Å². The van der Waals surface area contributed by atoms with Crippen molar-refractivity contribution in [1.82, 2.24) is 9.97 Å². The van der Waals surface area contributed by atoms with Gasteiger partial charge in [-0.2, -0.15) is 36.4 Å². The standard InChI is InChI=1S/2C5H4N.Fe.2HI/c2*1-2-4-6-5-3-1;;;/h2*1-4H;;2*1H/q2*-1;+4;;/p-2. The van der Waals surface area contributed by atoms with Crippen molar-refractivity contribution in [3.8, 4) is 0 Å². The van der Waals surface area contributed by atoms with E-state index in [0.29, 0.717) is 0 Å². The maximum absolute atomic E-state index is 3.66. The Bertz CT molecular complexity index is 197. The van der Waals surface area contributed by atoms with Gasteiger partial charge in [0, 0.05) is 0 Å². The Balaban J connectivity index is -0.000000160. The summed E-state index contributed by atoms with van der Waals surface area (Å²) in [6.45, 7) is 0. The molecular formula is C10H8FeI2N2. The van der Waals surface area contributed by atoms with E-state index in [0.717, 1.165) is 0 Å². The fourth-order valence-corrected chi connectivity index (χ4v) is 0.555. The van der Waals surface area contributed by atoms with E-state index in [1.54, 1.807) is 24.5 Å². The molecule has 0 aliphatic rings. The zero-order valence-electron chi connectivity index (χ0n) is 7.62. The molecule has 80 valence electrons. The molecule has 0 spiro atoms. The molecule has 2 aromatic heterocycles. The predicted octanol–water partition coefficient (Wildman–Crippen LogP) is -4.23. The van der Waals surface area contributed by atoms with Crippen molar-refractivity contribution in [2.75, 3.05) is 0 Å². The average molecular weight is 466 g/mol. The maximum Gasteiger partial charge on any atom is 4.00 e. The molecule has 2 rings (SSSR count). The number of aromatic nitrogens is 2. The Hall–Kier alpha value is 0.279. The van der Waals surface area contributed by atoms with Crippen LogP contribution in [-0.4, -0.2) is 9.97 Å². The molecule has 2 aromatic rings.